The van der Waals surface area contributed by atoms with Crippen LogP contribution < -0.4 is 5.73 Å². The zero-order chi connectivity index (χ0) is 14.6. The molecular formula is C17H30N2. The highest BCUT2D eigenvalue weighted by Gasteiger charge is 2.16. The molecule has 0 spiro atoms. The molecule has 0 heterocycles. The minimum Gasteiger partial charge on any atom is -0.323 e. The van der Waals surface area contributed by atoms with Crippen molar-refractivity contribution in [3.63, 3.8) is 0 Å². The fourth-order valence-corrected chi connectivity index (χ4v) is 2.44. The second kappa shape index (κ2) is 6.53. The van der Waals surface area contributed by atoms with Gasteiger partial charge >= 0.3 is 0 Å². The van der Waals surface area contributed by atoms with E-state index in [1.807, 2.05) is 0 Å². The molecular weight excluding hydrogens is 232 g/mol. The molecule has 0 bridgehead atoms. The van der Waals surface area contributed by atoms with Crippen LogP contribution in [0, 0.1) is 5.41 Å². The van der Waals surface area contributed by atoms with Crippen molar-refractivity contribution in [2.45, 2.75) is 46.6 Å². The van der Waals surface area contributed by atoms with Gasteiger partial charge < -0.3 is 10.6 Å². The normalized spacial score (nSPS) is 14.2. The lowest BCUT2D eigenvalue weighted by Crippen LogP contribution is -2.35. The number of rotatable bonds is 5. The van der Waals surface area contributed by atoms with Crippen molar-refractivity contribution in [1.29, 1.82) is 0 Å². The van der Waals surface area contributed by atoms with E-state index < -0.39 is 0 Å². The van der Waals surface area contributed by atoms with Crippen molar-refractivity contribution in [2.24, 2.45) is 11.1 Å². The first-order chi connectivity index (χ1) is 8.69. The van der Waals surface area contributed by atoms with Gasteiger partial charge in [-0.25, -0.2) is 0 Å². The van der Waals surface area contributed by atoms with E-state index in [4.69, 9.17) is 5.73 Å². The summed E-state index contributed by atoms with van der Waals surface area (Å²) in [5.41, 5.74) is 9.22. The van der Waals surface area contributed by atoms with Gasteiger partial charge in [0.2, 0.25) is 0 Å². The van der Waals surface area contributed by atoms with Crippen molar-refractivity contribution in [3.05, 3.63) is 35.4 Å². The summed E-state index contributed by atoms with van der Waals surface area (Å²) in [6, 6.07) is 8.83. The fourth-order valence-electron chi connectivity index (χ4n) is 2.44. The molecule has 2 heteroatoms. The molecule has 1 unspecified atom stereocenters. The van der Waals surface area contributed by atoms with Crippen LogP contribution >= 0.6 is 0 Å². The molecule has 0 saturated heterocycles. The highest BCUT2D eigenvalue weighted by Crippen LogP contribution is 2.19. The monoisotopic (exact) mass is 262 g/mol. The van der Waals surface area contributed by atoms with Gasteiger partial charge in [0.1, 0.15) is 0 Å². The molecule has 0 aromatic heterocycles. The topological polar surface area (TPSA) is 29.3 Å². The lowest BCUT2D eigenvalue weighted by molar-refractivity contribution is 0.217. The van der Waals surface area contributed by atoms with Crippen LogP contribution in [0.15, 0.2) is 24.3 Å². The van der Waals surface area contributed by atoms with E-state index in [0.29, 0.717) is 11.3 Å². The summed E-state index contributed by atoms with van der Waals surface area (Å²) in [7, 11) is 2.15. The Kier molecular flexibility index (Phi) is 5.57. The Labute approximate surface area is 119 Å². The standard InChI is InChI=1S/C17H30N2/c1-13(2)14-7-9-15(10-8-14)16(18)11-19(6)12-17(3,4)5/h7-10,13,16H,11-12,18H2,1-6H3. The molecule has 19 heavy (non-hydrogen) atoms. The van der Waals surface area contributed by atoms with Gasteiger partial charge in [0.15, 0.2) is 0 Å². The quantitative estimate of drug-likeness (QED) is 0.875. The van der Waals surface area contributed by atoms with Crippen molar-refractivity contribution in [1.82, 2.24) is 4.90 Å². The van der Waals surface area contributed by atoms with Gasteiger partial charge in [-0.3, -0.25) is 0 Å². The van der Waals surface area contributed by atoms with Crippen molar-refractivity contribution >= 4 is 0 Å². The van der Waals surface area contributed by atoms with Crippen molar-refractivity contribution in [2.75, 3.05) is 20.1 Å². The molecule has 0 aliphatic carbocycles. The molecule has 1 aromatic carbocycles. The predicted molar refractivity (Wildman–Crippen MR) is 84.4 cm³/mol. The first-order valence-electron chi connectivity index (χ1n) is 7.23. The first-order valence-corrected chi connectivity index (χ1v) is 7.23. The minimum absolute atomic E-state index is 0.0913. The van der Waals surface area contributed by atoms with Crippen LogP contribution in [0.25, 0.3) is 0 Å². The molecule has 0 fully saturated rings. The van der Waals surface area contributed by atoms with Crippen LogP contribution in [0.1, 0.15) is 57.7 Å². The van der Waals surface area contributed by atoms with Gasteiger partial charge in [0.05, 0.1) is 0 Å². The lowest BCUT2D eigenvalue weighted by atomic mass is 9.95. The smallest absolute Gasteiger partial charge is 0.0424 e. The van der Waals surface area contributed by atoms with Crippen LogP contribution in [0.2, 0.25) is 0 Å². The van der Waals surface area contributed by atoms with E-state index in [1.54, 1.807) is 0 Å². The van der Waals surface area contributed by atoms with Crippen LogP contribution in [0.4, 0.5) is 0 Å². The molecule has 2 N–H and O–H groups in total. The maximum atomic E-state index is 6.30. The summed E-state index contributed by atoms with van der Waals surface area (Å²) >= 11 is 0. The number of nitrogens with zero attached hydrogens (tertiary/aromatic N) is 1. The third-order valence-electron chi connectivity index (χ3n) is 3.28. The summed E-state index contributed by atoms with van der Waals surface area (Å²) in [4.78, 5) is 2.32. The molecule has 0 aliphatic heterocycles. The number of hydrogen-bond acceptors (Lipinski definition) is 2. The maximum Gasteiger partial charge on any atom is 0.0424 e. The van der Waals surface area contributed by atoms with Gasteiger partial charge in [-0.15, -0.1) is 0 Å². The van der Waals surface area contributed by atoms with Gasteiger partial charge in [-0.05, 0) is 29.5 Å². The first kappa shape index (κ1) is 16.2. The second-order valence-corrected chi connectivity index (χ2v) is 7.19. The Bertz CT molecular complexity index is 373. The van der Waals surface area contributed by atoms with Crippen LogP contribution in [0.3, 0.4) is 0 Å². The van der Waals surface area contributed by atoms with E-state index in [0.717, 1.165) is 13.1 Å². The van der Waals surface area contributed by atoms with Crippen LogP contribution in [-0.2, 0) is 0 Å². The number of nitrogens with two attached hydrogens (primary N) is 1. The van der Waals surface area contributed by atoms with Gasteiger partial charge in [-0.1, -0.05) is 58.9 Å². The molecule has 1 rings (SSSR count). The van der Waals surface area contributed by atoms with E-state index in [9.17, 15) is 0 Å². The largest absolute Gasteiger partial charge is 0.323 e. The second-order valence-electron chi connectivity index (χ2n) is 7.19. The van der Waals surface area contributed by atoms with Gasteiger partial charge in [-0.2, -0.15) is 0 Å². The molecule has 1 atom stereocenters. The number of hydrogen-bond donors (Lipinski definition) is 1. The summed E-state index contributed by atoms with van der Waals surface area (Å²) in [5.74, 6) is 0.578. The Hall–Kier alpha value is -0.860. The van der Waals surface area contributed by atoms with Gasteiger partial charge in [0, 0.05) is 19.1 Å². The average Bonchev–Trinajstić information content (AvgIpc) is 2.26. The third kappa shape index (κ3) is 5.75. The average molecular weight is 262 g/mol. The molecule has 2 nitrogen and oxygen atoms in total. The van der Waals surface area contributed by atoms with Crippen molar-refractivity contribution < 1.29 is 0 Å². The number of benzene rings is 1. The maximum absolute atomic E-state index is 6.30. The number of likely N-dealkylation sites (N-methyl/N-ethyl adjacent to an activating group) is 1. The van der Waals surface area contributed by atoms with Crippen LogP contribution in [-0.4, -0.2) is 25.0 Å². The lowest BCUT2D eigenvalue weighted by Gasteiger charge is -2.28. The molecule has 0 aliphatic rings. The summed E-state index contributed by atoms with van der Waals surface area (Å²) in [6.45, 7) is 13.2. The highest BCUT2D eigenvalue weighted by atomic mass is 15.1. The molecule has 0 amide bonds. The van der Waals surface area contributed by atoms with Crippen LogP contribution in [0.5, 0.6) is 0 Å². The molecule has 0 radical (unpaired) electrons. The summed E-state index contributed by atoms with van der Waals surface area (Å²) < 4.78 is 0. The molecule has 0 saturated carbocycles. The SMILES string of the molecule is CC(C)c1ccc(C(N)CN(C)CC(C)(C)C)cc1. The summed E-state index contributed by atoms with van der Waals surface area (Å²) in [6.07, 6.45) is 0. The zero-order valence-electron chi connectivity index (χ0n) is 13.4. The van der Waals surface area contributed by atoms with E-state index >= 15 is 0 Å². The third-order valence-corrected chi connectivity index (χ3v) is 3.28. The van der Waals surface area contributed by atoms with E-state index in [2.05, 4.69) is 70.8 Å². The van der Waals surface area contributed by atoms with Gasteiger partial charge in [0.25, 0.3) is 0 Å². The molecule has 1 aromatic rings. The zero-order valence-corrected chi connectivity index (χ0v) is 13.4. The Morgan fingerprint density at radius 2 is 1.53 bits per heavy atom. The Morgan fingerprint density at radius 1 is 1.05 bits per heavy atom. The highest BCUT2D eigenvalue weighted by molar-refractivity contribution is 5.26. The van der Waals surface area contributed by atoms with E-state index in [-0.39, 0.29) is 6.04 Å². The minimum atomic E-state index is 0.0913. The fraction of sp³-hybridized carbons (Fsp3) is 0.647. The Morgan fingerprint density at radius 3 is 1.95 bits per heavy atom. The van der Waals surface area contributed by atoms with E-state index in [1.165, 1.54) is 11.1 Å². The Balaban J connectivity index is 2.60. The van der Waals surface area contributed by atoms with Crippen molar-refractivity contribution in [3.8, 4) is 0 Å². The molecule has 108 valence electrons. The summed E-state index contributed by atoms with van der Waals surface area (Å²) in [5, 5.41) is 0. The predicted octanol–water partition coefficient (Wildman–Crippen LogP) is 3.79.